The minimum atomic E-state index is -4.60. The first kappa shape index (κ1) is 38.8. The standard InChI is InChI=1S/C40H52FN3O8S/c1-24-9-7-8-10-27-21-39(27,37(48)43-53(49,50)40(41)14-15-40)22-33(45)32-19-29(52-35-30-12-11-28(51-6)18-26(30)13-16-42-35)23-44(32)36(47)31(25(2)17-24)20-34(46)38(3,4)5/h8,10-13,16,18,24-25,27,29,31-32H,7,9,14-15,17,19-23H2,1-6H3,(H,43,48)/b10-8-/t24-,25-,27-,29-,31+,32?,39-/m1/s1. The number of nitrogens with zero attached hydrogens (tertiary/aromatic N) is 2. The highest BCUT2D eigenvalue weighted by atomic mass is 32.2. The quantitative estimate of drug-likeness (QED) is 0.316. The highest BCUT2D eigenvalue weighted by molar-refractivity contribution is 7.91. The fourth-order valence-electron chi connectivity index (χ4n) is 7.99. The Morgan fingerprint density at radius 1 is 1.11 bits per heavy atom. The van der Waals surface area contributed by atoms with E-state index >= 15 is 0 Å². The van der Waals surface area contributed by atoms with E-state index in [2.05, 4.69) is 11.9 Å². The number of rotatable bonds is 8. The Morgan fingerprint density at radius 2 is 1.85 bits per heavy atom. The summed E-state index contributed by atoms with van der Waals surface area (Å²) in [6, 6.07) is 6.30. The normalized spacial score (nSPS) is 31.0. The van der Waals surface area contributed by atoms with E-state index in [1.807, 2.05) is 62.8 Å². The van der Waals surface area contributed by atoms with E-state index in [-0.39, 0.29) is 68.6 Å². The second kappa shape index (κ2) is 14.4. The van der Waals surface area contributed by atoms with Crippen molar-refractivity contribution in [2.45, 2.75) is 110 Å². The number of sulfonamides is 1. The van der Waals surface area contributed by atoms with Gasteiger partial charge in [0.15, 0.2) is 5.78 Å². The number of aromatic nitrogens is 1. The highest BCUT2D eigenvalue weighted by Crippen LogP contribution is 2.58. The molecule has 0 bridgehead atoms. The molecule has 13 heteroatoms. The third-order valence-electron chi connectivity index (χ3n) is 11.8. The van der Waals surface area contributed by atoms with Gasteiger partial charge in [-0.05, 0) is 73.1 Å². The molecule has 2 saturated carbocycles. The predicted molar refractivity (Wildman–Crippen MR) is 197 cm³/mol. The minimum absolute atomic E-state index is 0.0169. The molecular formula is C40H52FN3O8S. The fourth-order valence-corrected chi connectivity index (χ4v) is 9.26. The molecule has 2 amide bonds. The number of benzene rings is 1. The van der Waals surface area contributed by atoms with Crippen molar-refractivity contribution in [3.05, 3.63) is 42.6 Å². The van der Waals surface area contributed by atoms with Gasteiger partial charge < -0.3 is 14.4 Å². The number of hydrogen-bond donors (Lipinski definition) is 1. The molecule has 3 fully saturated rings. The van der Waals surface area contributed by atoms with Crippen LogP contribution in [0.5, 0.6) is 11.6 Å². The number of amides is 2. The van der Waals surface area contributed by atoms with Crippen molar-refractivity contribution in [1.82, 2.24) is 14.6 Å². The maximum Gasteiger partial charge on any atom is 0.270 e. The van der Waals surface area contributed by atoms with Crippen LogP contribution in [-0.4, -0.2) is 72.5 Å². The Labute approximate surface area is 311 Å². The first-order valence-electron chi connectivity index (χ1n) is 18.8. The van der Waals surface area contributed by atoms with Gasteiger partial charge in [-0.15, -0.1) is 0 Å². The topological polar surface area (TPSA) is 149 Å². The number of ether oxygens (including phenoxy) is 2. The third-order valence-corrected chi connectivity index (χ3v) is 13.6. The van der Waals surface area contributed by atoms with Crippen molar-refractivity contribution < 1.29 is 41.5 Å². The van der Waals surface area contributed by atoms with Gasteiger partial charge >= 0.3 is 0 Å². The average Bonchev–Trinajstić information content (AvgIpc) is 3.97. The molecule has 2 aliphatic heterocycles. The fraction of sp³-hybridized carbons (Fsp3) is 0.625. The smallest absolute Gasteiger partial charge is 0.270 e. The zero-order valence-electron chi connectivity index (χ0n) is 31.5. The summed E-state index contributed by atoms with van der Waals surface area (Å²) in [4.78, 5) is 62.6. The zero-order chi connectivity index (χ0) is 38.5. The largest absolute Gasteiger partial charge is 0.497 e. The van der Waals surface area contributed by atoms with Crippen LogP contribution in [0.1, 0.15) is 92.4 Å². The molecule has 1 aromatic carbocycles. The first-order chi connectivity index (χ1) is 24.9. The molecule has 1 aromatic heterocycles. The monoisotopic (exact) mass is 753 g/mol. The Bertz CT molecular complexity index is 1920. The second-order valence-corrected chi connectivity index (χ2v) is 18.9. The average molecular weight is 754 g/mol. The lowest BCUT2D eigenvalue weighted by Gasteiger charge is -2.33. The summed E-state index contributed by atoms with van der Waals surface area (Å²) in [6.45, 7) is 9.64. The summed E-state index contributed by atoms with van der Waals surface area (Å²) in [5.41, 5.74) is -2.09. The van der Waals surface area contributed by atoms with Crippen LogP contribution in [0.25, 0.3) is 10.8 Å². The number of nitrogens with one attached hydrogen (secondary N) is 1. The first-order valence-corrected chi connectivity index (χ1v) is 20.2. The number of alkyl halides is 1. The number of carbonyl (C=O) groups excluding carboxylic acids is 4. The molecule has 4 aliphatic rings. The van der Waals surface area contributed by atoms with E-state index in [9.17, 15) is 32.0 Å². The van der Waals surface area contributed by atoms with E-state index < -0.39 is 61.5 Å². The van der Waals surface area contributed by atoms with Crippen LogP contribution in [0, 0.1) is 34.5 Å². The van der Waals surface area contributed by atoms with E-state index in [0.717, 1.165) is 17.2 Å². The van der Waals surface area contributed by atoms with Crippen LogP contribution >= 0.6 is 0 Å². The SMILES string of the molecule is COc1ccc2c(O[C@@H]3CC4C(=O)C[C@]5(C(=O)NS(=O)(=O)C6(F)CC6)C[C@H]5/C=C\CC[C@@H](C)C[C@@H](C)[C@H](CC(=O)C(C)(C)C)C(=O)N4C3)nccc2c1. The molecular weight excluding hydrogens is 702 g/mol. The van der Waals surface area contributed by atoms with Crippen LogP contribution in [0.3, 0.4) is 0 Å². The summed E-state index contributed by atoms with van der Waals surface area (Å²) in [6.07, 6.45) is 6.57. The maximum atomic E-state index is 14.8. The summed E-state index contributed by atoms with van der Waals surface area (Å²) < 4.78 is 54.2. The van der Waals surface area contributed by atoms with Gasteiger partial charge in [0.05, 0.1) is 25.1 Å². The molecule has 1 saturated heterocycles. The molecule has 3 heterocycles. The molecule has 2 aliphatic carbocycles. The van der Waals surface area contributed by atoms with Gasteiger partial charge in [-0.1, -0.05) is 46.8 Å². The van der Waals surface area contributed by atoms with Crippen LogP contribution < -0.4 is 14.2 Å². The molecule has 6 rings (SSSR count). The number of carbonyl (C=O) groups is 4. The maximum absolute atomic E-state index is 14.8. The Hall–Kier alpha value is -3.87. The van der Waals surface area contributed by atoms with E-state index in [0.29, 0.717) is 24.5 Å². The lowest BCUT2D eigenvalue weighted by Crippen LogP contribution is -2.48. The van der Waals surface area contributed by atoms with Crippen molar-refractivity contribution in [3.63, 3.8) is 0 Å². The number of allylic oxidation sites excluding steroid dienone is 2. The number of ketones is 2. The molecule has 7 atom stereocenters. The Kier molecular flexibility index (Phi) is 10.6. The molecule has 0 spiro atoms. The summed E-state index contributed by atoms with van der Waals surface area (Å²) in [5, 5.41) is -0.942. The van der Waals surface area contributed by atoms with Crippen molar-refractivity contribution >= 4 is 44.2 Å². The zero-order valence-corrected chi connectivity index (χ0v) is 32.3. The van der Waals surface area contributed by atoms with E-state index in [4.69, 9.17) is 9.47 Å². The van der Waals surface area contributed by atoms with Gasteiger partial charge in [0.2, 0.25) is 22.7 Å². The molecule has 0 radical (unpaired) electrons. The predicted octanol–water partition coefficient (Wildman–Crippen LogP) is 6.10. The molecule has 288 valence electrons. The van der Waals surface area contributed by atoms with Gasteiger partial charge in [-0.25, -0.2) is 22.5 Å². The molecule has 1 N–H and O–H groups in total. The molecule has 1 unspecified atom stereocenters. The number of fused-ring (bicyclic) bond motifs is 3. The van der Waals surface area contributed by atoms with Gasteiger partial charge in [0.1, 0.15) is 17.6 Å². The van der Waals surface area contributed by atoms with Gasteiger partial charge in [0.25, 0.3) is 10.0 Å². The molecule has 2 aromatic rings. The van der Waals surface area contributed by atoms with Gasteiger partial charge in [-0.2, -0.15) is 0 Å². The van der Waals surface area contributed by atoms with Crippen LogP contribution in [0.15, 0.2) is 42.6 Å². The van der Waals surface area contributed by atoms with Crippen molar-refractivity contribution in [3.8, 4) is 11.6 Å². The summed E-state index contributed by atoms with van der Waals surface area (Å²) >= 11 is 0. The van der Waals surface area contributed by atoms with Gasteiger partial charge in [0, 0.05) is 55.0 Å². The summed E-state index contributed by atoms with van der Waals surface area (Å²) in [7, 11) is -3.02. The van der Waals surface area contributed by atoms with Crippen LogP contribution in [0.4, 0.5) is 4.39 Å². The van der Waals surface area contributed by atoms with Gasteiger partial charge in [-0.3, -0.25) is 19.2 Å². The third kappa shape index (κ3) is 8.00. The number of pyridine rings is 1. The van der Waals surface area contributed by atoms with Crippen LogP contribution in [0.2, 0.25) is 0 Å². The van der Waals surface area contributed by atoms with Crippen LogP contribution in [-0.2, 0) is 29.2 Å². The summed E-state index contributed by atoms with van der Waals surface area (Å²) in [5.74, 6) is -1.79. The van der Waals surface area contributed by atoms with Crippen molar-refractivity contribution in [2.75, 3.05) is 13.7 Å². The van der Waals surface area contributed by atoms with Crippen molar-refractivity contribution in [1.29, 1.82) is 0 Å². The van der Waals surface area contributed by atoms with E-state index in [1.165, 1.54) is 4.90 Å². The molecule has 53 heavy (non-hydrogen) atoms. The Balaban J connectivity index is 1.35. The highest BCUT2D eigenvalue weighted by Gasteiger charge is 2.64. The lowest BCUT2D eigenvalue weighted by molar-refractivity contribution is -0.145. The lowest BCUT2D eigenvalue weighted by atomic mass is 9.77. The number of halogens is 1. The van der Waals surface area contributed by atoms with E-state index in [1.54, 1.807) is 19.4 Å². The molecule has 11 nitrogen and oxygen atoms in total. The Morgan fingerprint density at radius 3 is 2.53 bits per heavy atom. The number of hydrogen-bond acceptors (Lipinski definition) is 9. The second-order valence-electron chi connectivity index (χ2n) is 16.9. The van der Waals surface area contributed by atoms with Crippen molar-refractivity contribution in [2.24, 2.45) is 34.5 Å². The minimum Gasteiger partial charge on any atom is -0.497 e. The number of Topliss-reactive ketones (excluding diaryl/α,β-unsaturated/α-hetero) is 2. The number of methoxy groups -OCH3 is 1.